The van der Waals surface area contributed by atoms with Crippen molar-refractivity contribution >= 4 is 119 Å². The van der Waals surface area contributed by atoms with Crippen molar-refractivity contribution in [1.29, 1.82) is 0 Å². The normalized spacial score (nSPS) is 27.7. The van der Waals surface area contributed by atoms with E-state index in [-0.39, 0.29) is 20.1 Å². The fourth-order valence-corrected chi connectivity index (χ4v) is 5.59. The van der Waals surface area contributed by atoms with Gasteiger partial charge in [-0.05, 0) is 44.0 Å². The zero-order chi connectivity index (χ0) is 17.0. The monoisotopic (exact) mass is 684 g/mol. The number of carbonyl (C=O) groups is 4. The van der Waals surface area contributed by atoms with E-state index in [1.54, 1.807) is 0 Å². The second kappa shape index (κ2) is 6.25. The quantitative estimate of drug-likeness (QED) is 0.218. The van der Waals surface area contributed by atoms with Crippen molar-refractivity contribution in [2.24, 2.45) is 0 Å². The minimum absolute atomic E-state index is 0.00190. The first-order chi connectivity index (χ1) is 9.92. The fraction of sp³-hybridized carbons (Fsp3) is 0.167. The van der Waals surface area contributed by atoms with Gasteiger partial charge in [0, 0.05) is 11.1 Å². The SMILES string of the molecule is O=C1C(Br)=CC(=C2C=C(Br)C(=O)C(Br)(Br)C2=O)C(=O)C1(Br)Br. The molecule has 4 nitrogen and oxygen atoms in total. The molecule has 0 aromatic heterocycles. The van der Waals surface area contributed by atoms with Gasteiger partial charge in [-0.1, -0.05) is 63.7 Å². The van der Waals surface area contributed by atoms with Crippen molar-refractivity contribution in [3.05, 3.63) is 32.3 Å². The zero-order valence-corrected chi connectivity index (χ0v) is 19.6. The van der Waals surface area contributed by atoms with Gasteiger partial charge in [-0.2, -0.15) is 0 Å². The molecule has 116 valence electrons. The molecule has 0 aromatic rings. The highest BCUT2D eigenvalue weighted by Crippen LogP contribution is 2.45. The first-order valence-electron chi connectivity index (χ1n) is 5.36. The molecule has 0 atom stereocenters. The van der Waals surface area contributed by atoms with Crippen LogP contribution in [0.4, 0.5) is 0 Å². The molecule has 0 saturated heterocycles. The van der Waals surface area contributed by atoms with E-state index < -0.39 is 29.6 Å². The molecule has 0 amide bonds. The van der Waals surface area contributed by atoms with Gasteiger partial charge < -0.3 is 0 Å². The third-order valence-electron chi connectivity index (χ3n) is 2.90. The van der Waals surface area contributed by atoms with Crippen LogP contribution in [0, 0.1) is 0 Å². The number of alkyl halides is 4. The van der Waals surface area contributed by atoms with Crippen LogP contribution in [0.25, 0.3) is 0 Å². The van der Waals surface area contributed by atoms with Crippen LogP contribution in [0.3, 0.4) is 0 Å². The van der Waals surface area contributed by atoms with E-state index in [0.717, 1.165) is 0 Å². The number of hydrogen-bond acceptors (Lipinski definition) is 4. The molecule has 0 bridgehead atoms. The molecule has 0 spiro atoms. The smallest absolute Gasteiger partial charge is 0.206 e. The molecular weight excluding hydrogens is 688 g/mol. The topological polar surface area (TPSA) is 68.3 Å². The molecule has 0 aliphatic heterocycles. The summed E-state index contributed by atoms with van der Waals surface area (Å²) in [5.41, 5.74) is -0.00380. The largest absolute Gasteiger partial charge is 0.291 e. The molecule has 0 saturated carbocycles. The molecule has 2 aliphatic carbocycles. The average molecular weight is 690 g/mol. The van der Waals surface area contributed by atoms with Gasteiger partial charge >= 0.3 is 0 Å². The van der Waals surface area contributed by atoms with E-state index in [4.69, 9.17) is 0 Å². The van der Waals surface area contributed by atoms with Gasteiger partial charge in [0.15, 0.2) is 11.6 Å². The van der Waals surface area contributed by atoms with Crippen LogP contribution in [-0.4, -0.2) is 29.6 Å². The molecule has 0 unspecified atom stereocenters. The summed E-state index contributed by atoms with van der Waals surface area (Å²) in [5, 5.41) is 0. The van der Waals surface area contributed by atoms with Crippen molar-refractivity contribution in [3.63, 3.8) is 0 Å². The van der Waals surface area contributed by atoms with Gasteiger partial charge in [-0.15, -0.1) is 0 Å². The predicted octanol–water partition coefficient (Wildman–Crippen LogP) is 4.12. The first-order valence-corrected chi connectivity index (χ1v) is 10.1. The second-order valence-corrected chi connectivity index (χ2v) is 12.9. The summed E-state index contributed by atoms with van der Waals surface area (Å²) in [4.78, 5) is 48.9. The van der Waals surface area contributed by atoms with Crippen molar-refractivity contribution in [2.75, 3.05) is 0 Å². The third-order valence-corrected chi connectivity index (χ3v) is 6.96. The summed E-state index contributed by atoms with van der Waals surface area (Å²) in [7, 11) is 0. The van der Waals surface area contributed by atoms with Crippen molar-refractivity contribution in [3.8, 4) is 0 Å². The Labute approximate surface area is 175 Å². The van der Waals surface area contributed by atoms with Crippen LogP contribution in [0.5, 0.6) is 0 Å². The molecular formula is C12H2Br6O4. The van der Waals surface area contributed by atoms with Crippen LogP contribution in [0.15, 0.2) is 32.3 Å². The van der Waals surface area contributed by atoms with Crippen LogP contribution >= 0.6 is 95.6 Å². The Morgan fingerprint density at radius 2 is 0.864 bits per heavy atom. The maximum atomic E-state index is 12.5. The minimum Gasteiger partial charge on any atom is -0.291 e. The van der Waals surface area contributed by atoms with Crippen molar-refractivity contribution in [1.82, 2.24) is 0 Å². The lowest BCUT2D eigenvalue weighted by Crippen LogP contribution is -2.43. The third kappa shape index (κ3) is 2.92. The van der Waals surface area contributed by atoms with Crippen molar-refractivity contribution < 1.29 is 19.2 Å². The molecule has 0 radical (unpaired) electrons. The summed E-state index contributed by atoms with van der Waals surface area (Å²) in [6.45, 7) is 0. The lowest BCUT2D eigenvalue weighted by molar-refractivity contribution is -0.125. The standard InChI is InChI=1S/C12H2Br6O4/c13-5-1-3(7(19)11(15,16)9(5)21)4-2-6(14)10(22)12(17,18)8(4)20/h1-2H. The summed E-state index contributed by atoms with van der Waals surface area (Å²) in [6.07, 6.45) is 2.53. The van der Waals surface area contributed by atoms with E-state index in [1.165, 1.54) is 12.2 Å². The lowest BCUT2D eigenvalue weighted by Gasteiger charge is -2.27. The second-order valence-electron chi connectivity index (χ2n) is 4.28. The Kier molecular flexibility index (Phi) is 5.43. The van der Waals surface area contributed by atoms with Gasteiger partial charge in [0.2, 0.25) is 18.0 Å². The highest BCUT2D eigenvalue weighted by Gasteiger charge is 2.51. The number of allylic oxidation sites excluding steroid dienone is 6. The molecule has 2 rings (SSSR count). The van der Waals surface area contributed by atoms with Crippen LogP contribution < -0.4 is 0 Å². The molecule has 0 N–H and O–H groups in total. The van der Waals surface area contributed by atoms with Crippen molar-refractivity contribution in [2.45, 2.75) is 6.47 Å². The number of carbonyl (C=O) groups excluding carboxylic acids is 4. The molecule has 0 heterocycles. The van der Waals surface area contributed by atoms with Crippen LogP contribution in [0.2, 0.25) is 0 Å². The molecule has 0 aromatic carbocycles. The number of rotatable bonds is 0. The van der Waals surface area contributed by atoms with Gasteiger partial charge in [0.25, 0.3) is 0 Å². The van der Waals surface area contributed by atoms with Crippen LogP contribution in [0.1, 0.15) is 0 Å². The van der Waals surface area contributed by atoms with Gasteiger partial charge in [-0.3, -0.25) is 19.2 Å². The van der Waals surface area contributed by atoms with E-state index in [2.05, 4.69) is 95.6 Å². The first kappa shape index (κ1) is 19.1. The Morgan fingerprint density at radius 3 is 1.14 bits per heavy atom. The Morgan fingerprint density at radius 1 is 0.591 bits per heavy atom. The van der Waals surface area contributed by atoms with Crippen LogP contribution in [-0.2, 0) is 19.2 Å². The summed E-state index contributed by atoms with van der Waals surface area (Å²) >= 11 is 18.2. The Hall–Kier alpha value is 0.780. The molecule has 2 aliphatic rings. The molecule has 0 fully saturated rings. The highest BCUT2D eigenvalue weighted by atomic mass is 79.9. The van der Waals surface area contributed by atoms with Gasteiger partial charge in [0.05, 0.1) is 8.96 Å². The lowest BCUT2D eigenvalue weighted by atomic mass is 9.88. The maximum Gasteiger partial charge on any atom is 0.206 e. The number of halogens is 6. The number of hydrogen-bond donors (Lipinski definition) is 0. The predicted molar refractivity (Wildman–Crippen MR) is 102 cm³/mol. The maximum absolute atomic E-state index is 12.5. The average Bonchev–Trinajstić information content (AvgIpc) is 2.44. The molecule has 10 heteroatoms. The zero-order valence-electron chi connectivity index (χ0n) is 10.1. The summed E-state index contributed by atoms with van der Waals surface area (Å²) in [6, 6.07) is 0. The van der Waals surface area contributed by atoms with E-state index in [1.807, 2.05) is 0 Å². The summed E-state index contributed by atoms with van der Waals surface area (Å²) in [5.74, 6) is -2.31. The van der Waals surface area contributed by atoms with E-state index in [9.17, 15) is 19.2 Å². The van der Waals surface area contributed by atoms with E-state index in [0.29, 0.717) is 0 Å². The van der Waals surface area contributed by atoms with Gasteiger partial charge in [-0.25, -0.2) is 0 Å². The Bertz CT molecular complexity index is 679. The van der Waals surface area contributed by atoms with E-state index >= 15 is 0 Å². The van der Waals surface area contributed by atoms with Gasteiger partial charge in [0.1, 0.15) is 0 Å². The summed E-state index contributed by atoms with van der Waals surface area (Å²) < 4.78 is -3.07. The number of Topliss-reactive ketones (excluding diaryl/α,β-unsaturated/α-hetero) is 4. The highest BCUT2D eigenvalue weighted by molar-refractivity contribution is 9.26. The minimum atomic E-state index is -1.65. The molecule has 22 heavy (non-hydrogen) atoms. The number of ketones is 4. The Balaban J connectivity index is 2.80. The fourth-order valence-electron chi connectivity index (χ4n) is 1.76.